The molecule has 0 aromatic heterocycles. The molecule has 1 saturated heterocycles. The van der Waals surface area contributed by atoms with E-state index in [-0.39, 0.29) is 18.1 Å². The van der Waals surface area contributed by atoms with Crippen LogP contribution in [-0.4, -0.2) is 28.0 Å². The fraction of sp³-hybridized carbons (Fsp3) is 0.400. The third-order valence-electron chi connectivity index (χ3n) is 5.06. The molecule has 0 bridgehead atoms. The van der Waals surface area contributed by atoms with Gasteiger partial charge in [0.1, 0.15) is 0 Å². The second-order valence-electron chi connectivity index (χ2n) is 6.70. The summed E-state index contributed by atoms with van der Waals surface area (Å²) in [6.45, 7) is -0.0287. The number of phenols is 2. The fourth-order valence-electron chi connectivity index (χ4n) is 3.65. The van der Waals surface area contributed by atoms with Crippen LogP contribution in [0.2, 0.25) is 0 Å². The van der Waals surface area contributed by atoms with Gasteiger partial charge in [0.05, 0.1) is 12.1 Å². The van der Waals surface area contributed by atoms with Crippen molar-refractivity contribution in [1.29, 1.82) is 0 Å². The number of hydrogen-bond acceptors (Lipinski definition) is 4. The van der Waals surface area contributed by atoms with Crippen molar-refractivity contribution in [2.24, 2.45) is 0 Å². The molecule has 4 heteroatoms. The molecule has 24 heavy (non-hydrogen) atoms. The van der Waals surface area contributed by atoms with Gasteiger partial charge in [-0.2, -0.15) is 0 Å². The molecule has 2 atom stereocenters. The quantitative estimate of drug-likeness (QED) is 0.637. The first-order valence-corrected chi connectivity index (χ1v) is 8.58. The van der Waals surface area contributed by atoms with E-state index in [9.17, 15) is 15.3 Å². The van der Waals surface area contributed by atoms with Crippen LogP contribution in [0.3, 0.4) is 0 Å². The van der Waals surface area contributed by atoms with Crippen LogP contribution in [0.1, 0.15) is 36.8 Å². The topological polar surface area (TPSA) is 72.7 Å². The number of benzene rings is 2. The minimum absolute atomic E-state index is 0.0287. The van der Waals surface area contributed by atoms with Gasteiger partial charge in [0.25, 0.3) is 0 Å². The van der Waals surface area contributed by atoms with Gasteiger partial charge in [-0.15, -0.1) is 0 Å². The van der Waals surface area contributed by atoms with Gasteiger partial charge >= 0.3 is 0 Å². The third kappa shape index (κ3) is 3.55. The Morgan fingerprint density at radius 2 is 1.83 bits per heavy atom. The van der Waals surface area contributed by atoms with Gasteiger partial charge in [0, 0.05) is 6.04 Å². The Balaban J connectivity index is 1.73. The van der Waals surface area contributed by atoms with Crippen LogP contribution in [0.15, 0.2) is 48.5 Å². The monoisotopic (exact) mass is 327 g/mol. The van der Waals surface area contributed by atoms with Crippen molar-refractivity contribution in [2.45, 2.75) is 43.7 Å². The lowest BCUT2D eigenvalue weighted by Crippen LogP contribution is -2.53. The summed E-state index contributed by atoms with van der Waals surface area (Å²) < 4.78 is 0. The second-order valence-corrected chi connectivity index (χ2v) is 6.70. The smallest absolute Gasteiger partial charge is 0.157 e. The van der Waals surface area contributed by atoms with E-state index in [1.54, 1.807) is 12.1 Å². The summed E-state index contributed by atoms with van der Waals surface area (Å²) in [7, 11) is 0. The highest BCUT2D eigenvalue weighted by atomic mass is 16.3. The molecule has 1 aliphatic rings. The fourth-order valence-corrected chi connectivity index (χ4v) is 3.65. The zero-order chi connectivity index (χ0) is 17.0. The highest BCUT2D eigenvalue weighted by Gasteiger charge is 2.37. The highest BCUT2D eigenvalue weighted by Crippen LogP contribution is 2.36. The summed E-state index contributed by atoms with van der Waals surface area (Å²) in [5.41, 5.74) is 1.59. The summed E-state index contributed by atoms with van der Waals surface area (Å²) in [4.78, 5) is 0. The van der Waals surface area contributed by atoms with Gasteiger partial charge < -0.3 is 20.6 Å². The molecular weight excluding hydrogens is 302 g/mol. The molecule has 1 aliphatic heterocycles. The second kappa shape index (κ2) is 7.24. The average Bonchev–Trinajstić information content (AvgIpc) is 2.63. The van der Waals surface area contributed by atoms with Crippen molar-refractivity contribution in [3.8, 4) is 11.5 Å². The molecule has 2 aromatic carbocycles. The number of aryl methyl sites for hydroxylation is 1. The summed E-state index contributed by atoms with van der Waals surface area (Å²) in [5.74, 6) is -0.281. The normalized spacial score (nSPS) is 24.0. The molecule has 2 unspecified atom stereocenters. The molecule has 0 spiro atoms. The van der Waals surface area contributed by atoms with Crippen molar-refractivity contribution >= 4 is 0 Å². The Morgan fingerprint density at radius 1 is 1.04 bits per heavy atom. The molecule has 2 aromatic rings. The van der Waals surface area contributed by atoms with Crippen molar-refractivity contribution in [3.63, 3.8) is 0 Å². The van der Waals surface area contributed by atoms with Crippen molar-refractivity contribution in [3.05, 3.63) is 59.7 Å². The van der Waals surface area contributed by atoms with E-state index in [4.69, 9.17) is 0 Å². The number of phenolic OH excluding ortho intramolecular Hbond substituents is 2. The first kappa shape index (κ1) is 16.8. The van der Waals surface area contributed by atoms with Gasteiger partial charge in [-0.25, -0.2) is 0 Å². The Morgan fingerprint density at radius 3 is 2.54 bits per heavy atom. The van der Waals surface area contributed by atoms with Crippen molar-refractivity contribution in [2.75, 3.05) is 6.61 Å². The Bertz CT molecular complexity index is 674. The van der Waals surface area contributed by atoms with Crippen LogP contribution >= 0.6 is 0 Å². The molecule has 4 N–H and O–H groups in total. The molecule has 128 valence electrons. The maximum atomic E-state index is 10.1. The predicted octanol–water partition coefficient (Wildman–Crippen LogP) is 3.06. The van der Waals surface area contributed by atoms with E-state index in [0.29, 0.717) is 6.04 Å². The molecule has 0 amide bonds. The van der Waals surface area contributed by atoms with Crippen molar-refractivity contribution in [1.82, 2.24) is 5.32 Å². The van der Waals surface area contributed by atoms with Gasteiger partial charge in [-0.05, 0) is 55.4 Å². The van der Waals surface area contributed by atoms with Crippen LogP contribution in [0, 0.1) is 0 Å². The largest absolute Gasteiger partial charge is 0.504 e. The molecule has 1 fully saturated rings. The number of aromatic hydroxyl groups is 2. The van der Waals surface area contributed by atoms with E-state index in [0.717, 1.165) is 37.7 Å². The lowest BCUT2D eigenvalue weighted by molar-refractivity contribution is 0.106. The molecule has 0 radical (unpaired) electrons. The maximum absolute atomic E-state index is 10.1. The highest BCUT2D eigenvalue weighted by molar-refractivity contribution is 5.43. The third-order valence-corrected chi connectivity index (χ3v) is 5.06. The molecule has 4 nitrogen and oxygen atoms in total. The van der Waals surface area contributed by atoms with E-state index < -0.39 is 5.54 Å². The van der Waals surface area contributed by atoms with Gasteiger partial charge in [0.15, 0.2) is 11.5 Å². The van der Waals surface area contributed by atoms with Crippen LogP contribution < -0.4 is 5.32 Å². The van der Waals surface area contributed by atoms with Crippen LogP contribution in [0.4, 0.5) is 0 Å². The first-order chi connectivity index (χ1) is 11.6. The van der Waals surface area contributed by atoms with Crippen LogP contribution in [0.5, 0.6) is 11.5 Å². The summed E-state index contributed by atoms with van der Waals surface area (Å²) >= 11 is 0. The Hall–Kier alpha value is -2.04. The number of aliphatic hydroxyl groups excluding tert-OH is 1. The Kier molecular flexibility index (Phi) is 5.07. The zero-order valence-electron chi connectivity index (χ0n) is 13.8. The minimum Gasteiger partial charge on any atom is -0.504 e. The van der Waals surface area contributed by atoms with E-state index >= 15 is 0 Å². The molecule has 0 aliphatic carbocycles. The minimum atomic E-state index is -0.551. The lowest BCUT2D eigenvalue weighted by atomic mass is 9.79. The zero-order valence-corrected chi connectivity index (χ0v) is 13.8. The summed E-state index contributed by atoms with van der Waals surface area (Å²) in [6, 6.07) is 15.5. The first-order valence-electron chi connectivity index (χ1n) is 8.58. The number of nitrogens with one attached hydrogen (secondary N) is 1. The summed E-state index contributed by atoms with van der Waals surface area (Å²) in [6.07, 6.45) is 4.93. The standard InChI is InChI=1S/C20H25NO3/c22-14-20(16-9-11-18(23)19(24)13-16)12-4-7-17(21-20)10-8-15-5-2-1-3-6-15/h1-3,5-6,9,11,13,17,21-24H,4,7-8,10,12,14H2. The van der Waals surface area contributed by atoms with E-state index in [2.05, 4.69) is 29.6 Å². The SMILES string of the molecule is OCC1(c2ccc(O)c(O)c2)CCCC(CCc2ccccc2)N1. The lowest BCUT2D eigenvalue weighted by Gasteiger charge is -2.42. The van der Waals surface area contributed by atoms with Crippen molar-refractivity contribution < 1.29 is 15.3 Å². The Labute approximate surface area is 142 Å². The molecule has 0 saturated carbocycles. The number of piperidine rings is 1. The van der Waals surface area contributed by atoms with E-state index in [1.807, 2.05) is 6.07 Å². The number of rotatable bonds is 5. The molecular formula is C20H25NO3. The summed E-state index contributed by atoms with van der Waals surface area (Å²) in [5, 5.41) is 33.0. The molecule has 3 rings (SSSR count). The predicted molar refractivity (Wildman–Crippen MR) is 94.1 cm³/mol. The van der Waals surface area contributed by atoms with Gasteiger partial charge in [-0.1, -0.05) is 36.4 Å². The maximum Gasteiger partial charge on any atom is 0.157 e. The number of hydrogen-bond donors (Lipinski definition) is 4. The van der Waals surface area contributed by atoms with Gasteiger partial charge in [-0.3, -0.25) is 0 Å². The van der Waals surface area contributed by atoms with E-state index in [1.165, 1.54) is 11.6 Å². The average molecular weight is 327 g/mol. The van der Waals surface area contributed by atoms with Gasteiger partial charge in [0.2, 0.25) is 0 Å². The van der Waals surface area contributed by atoms with Crippen LogP contribution in [0.25, 0.3) is 0 Å². The number of aliphatic hydroxyl groups is 1. The van der Waals surface area contributed by atoms with Crippen LogP contribution in [-0.2, 0) is 12.0 Å². The molecule has 1 heterocycles.